The number of nitrogens with zero attached hydrogens (tertiary/aromatic N) is 1. The monoisotopic (exact) mass is 664 g/mol. The van der Waals surface area contributed by atoms with Gasteiger partial charge in [0.05, 0.1) is 12.2 Å². The highest BCUT2D eigenvalue weighted by molar-refractivity contribution is 6.31. The highest BCUT2D eigenvalue weighted by atomic mass is 35.5. The molecule has 4 nitrogen and oxygen atoms in total. The van der Waals surface area contributed by atoms with Gasteiger partial charge in [-0.2, -0.15) is 0 Å². The predicted octanol–water partition coefficient (Wildman–Crippen LogP) is 10.9. The molecule has 5 heteroatoms. The molecule has 246 valence electrons. The van der Waals surface area contributed by atoms with Crippen molar-refractivity contribution in [1.29, 1.82) is 0 Å². The van der Waals surface area contributed by atoms with Crippen molar-refractivity contribution in [3.8, 4) is 11.1 Å². The highest BCUT2D eigenvalue weighted by Crippen LogP contribution is 2.42. The Morgan fingerprint density at radius 1 is 0.735 bits per heavy atom. The van der Waals surface area contributed by atoms with Crippen LogP contribution in [0.1, 0.15) is 65.7 Å². The third-order valence-corrected chi connectivity index (χ3v) is 9.86. The molecule has 7 rings (SSSR count). The number of carbonyl (C=O) groups excluding carboxylic acids is 2. The van der Waals surface area contributed by atoms with E-state index in [0.717, 1.165) is 12.3 Å². The van der Waals surface area contributed by atoms with Crippen LogP contribution in [0.25, 0.3) is 32.7 Å². The van der Waals surface area contributed by atoms with Gasteiger partial charge in [0.1, 0.15) is 0 Å². The van der Waals surface area contributed by atoms with Gasteiger partial charge in [-0.25, -0.2) is 0 Å². The number of hydrogen-bond donors (Lipinski definition) is 1. The van der Waals surface area contributed by atoms with Crippen LogP contribution in [0.15, 0.2) is 115 Å². The van der Waals surface area contributed by atoms with Crippen LogP contribution in [0.2, 0.25) is 5.02 Å². The molecule has 6 aromatic carbocycles. The zero-order chi connectivity index (χ0) is 33.9. The maximum atomic E-state index is 13.7. The van der Waals surface area contributed by atoms with Crippen LogP contribution in [0, 0.1) is 5.92 Å². The number of nitrogens with one attached hydrogen (secondary N) is 1. The van der Waals surface area contributed by atoms with Gasteiger partial charge in [-0.15, -0.1) is 0 Å². The zero-order valence-electron chi connectivity index (χ0n) is 28.1. The Balaban J connectivity index is 1.21. The molecule has 0 radical (unpaired) electrons. The number of rotatable bonds is 10. The van der Waals surface area contributed by atoms with Crippen molar-refractivity contribution in [2.75, 3.05) is 11.9 Å². The molecular formula is C44H41ClN2O2. The van der Waals surface area contributed by atoms with Gasteiger partial charge < -0.3 is 5.32 Å². The van der Waals surface area contributed by atoms with Crippen molar-refractivity contribution in [3.63, 3.8) is 0 Å². The Morgan fingerprint density at radius 2 is 1.43 bits per heavy atom. The van der Waals surface area contributed by atoms with E-state index in [0.29, 0.717) is 34.9 Å². The van der Waals surface area contributed by atoms with Gasteiger partial charge in [-0.3, -0.25) is 14.5 Å². The van der Waals surface area contributed by atoms with E-state index in [9.17, 15) is 9.59 Å². The Morgan fingerprint density at radius 3 is 2.18 bits per heavy atom. The van der Waals surface area contributed by atoms with Gasteiger partial charge in [0.25, 0.3) is 0 Å². The molecule has 0 aliphatic carbocycles. The van der Waals surface area contributed by atoms with Crippen LogP contribution in [-0.2, 0) is 24.3 Å². The Bertz CT molecular complexity index is 2170. The van der Waals surface area contributed by atoms with E-state index in [4.69, 9.17) is 11.6 Å². The average molecular weight is 665 g/mol. The van der Waals surface area contributed by atoms with Crippen LogP contribution in [0.4, 0.5) is 5.69 Å². The maximum Gasteiger partial charge on any atom is 0.238 e. The van der Waals surface area contributed by atoms with Gasteiger partial charge in [-0.05, 0) is 86.3 Å². The van der Waals surface area contributed by atoms with Crippen molar-refractivity contribution in [2.45, 2.75) is 52.6 Å². The fourth-order valence-corrected chi connectivity index (χ4v) is 7.41. The van der Waals surface area contributed by atoms with E-state index in [-0.39, 0.29) is 18.2 Å². The summed E-state index contributed by atoms with van der Waals surface area (Å²) in [6, 6.07) is 38.6. The Hall–Kier alpha value is -4.77. The molecule has 0 aromatic heterocycles. The summed E-state index contributed by atoms with van der Waals surface area (Å²) >= 11 is 6.31. The molecule has 0 saturated carbocycles. The van der Waals surface area contributed by atoms with Gasteiger partial charge >= 0.3 is 0 Å². The molecule has 1 amide bonds. The zero-order valence-corrected chi connectivity index (χ0v) is 28.9. The lowest BCUT2D eigenvalue weighted by molar-refractivity contribution is -0.117. The second-order valence-corrected chi connectivity index (χ2v) is 14.1. The van der Waals surface area contributed by atoms with Crippen molar-refractivity contribution in [3.05, 3.63) is 148 Å². The van der Waals surface area contributed by atoms with Crippen LogP contribution in [0.3, 0.4) is 0 Å². The van der Waals surface area contributed by atoms with Crippen LogP contribution in [0.5, 0.6) is 0 Å². The lowest BCUT2D eigenvalue weighted by Gasteiger charge is -2.21. The summed E-state index contributed by atoms with van der Waals surface area (Å²) in [6.07, 6.45) is 4.82. The average Bonchev–Trinajstić information content (AvgIpc) is 3.27. The fourth-order valence-electron chi connectivity index (χ4n) is 7.23. The first-order valence-electron chi connectivity index (χ1n) is 17.3. The summed E-state index contributed by atoms with van der Waals surface area (Å²) in [7, 11) is 0. The van der Waals surface area contributed by atoms with E-state index >= 15 is 0 Å². The quantitative estimate of drug-likeness (QED) is 0.117. The number of aryl methyl sites for hydroxylation is 1. The molecule has 0 unspecified atom stereocenters. The molecule has 0 bridgehead atoms. The summed E-state index contributed by atoms with van der Waals surface area (Å²) in [4.78, 5) is 29.3. The van der Waals surface area contributed by atoms with E-state index in [1.54, 1.807) is 30.3 Å². The summed E-state index contributed by atoms with van der Waals surface area (Å²) in [5.74, 6) is 0.373. The number of ketones is 1. The standard InChI is InChI=1S/C44H41ClN2O2/c1-29(2)10-6-7-11-30-16-22-38-33(24-30)18-20-35-27-47(26-34-19-17-31-12-8-9-15-37(31)42(34)43(35)38)28-41(48)46-40-23-21-36(45)25-39(40)44(49)32-13-4-3-5-14-32/h3-5,8-9,12-25,29H,6-7,10-11,26-28H2,1-2H3,(H,46,48). The van der Waals surface area contributed by atoms with Gasteiger partial charge in [0.2, 0.25) is 5.91 Å². The highest BCUT2D eigenvalue weighted by Gasteiger charge is 2.25. The first-order valence-corrected chi connectivity index (χ1v) is 17.7. The molecular weight excluding hydrogens is 624 g/mol. The fraction of sp³-hybridized carbons (Fsp3) is 0.227. The number of fused-ring (bicyclic) bond motifs is 7. The largest absolute Gasteiger partial charge is 0.324 e. The van der Waals surface area contributed by atoms with Gasteiger partial charge in [0, 0.05) is 29.2 Å². The normalized spacial score (nSPS) is 12.9. The van der Waals surface area contributed by atoms with Crippen LogP contribution >= 0.6 is 11.6 Å². The molecule has 6 aromatic rings. The molecule has 1 heterocycles. The maximum absolute atomic E-state index is 13.7. The molecule has 49 heavy (non-hydrogen) atoms. The van der Waals surface area contributed by atoms with E-state index in [1.807, 2.05) is 18.2 Å². The lowest BCUT2D eigenvalue weighted by Crippen LogP contribution is -2.32. The number of benzene rings is 6. The molecule has 0 spiro atoms. The second kappa shape index (κ2) is 14.4. The second-order valence-electron chi connectivity index (χ2n) is 13.7. The molecule has 1 aliphatic heterocycles. The van der Waals surface area contributed by atoms with Crippen LogP contribution in [-0.4, -0.2) is 23.1 Å². The third-order valence-electron chi connectivity index (χ3n) is 9.62. The smallest absolute Gasteiger partial charge is 0.238 e. The van der Waals surface area contributed by atoms with E-state index in [2.05, 4.69) is 90.8 Å². The molecule has 0 saturated heterocycles. The minimum absolute atomic E-state index is 0.167. The topological polar surface area (TPSA) is 49.4 Å². The molecule has 1 N–H and O–H groups in total. The number of unbranched alkanes of at least 4 members (excludes halogenated alkanes) is 1. The van der Waals surface area contributed by atoms with Crippen molar-refractivity contribution >= 4 is 50.5 Å². The number of amides is 1. The summed E-state index contributed by atoms with van der Waals surface area (Å²) < 4.78 is 0. The van der Waals surface area contributed by atoms with Crippen molar-refractivity contribution < 1.29 is 9.59 Å². The van der Waals surface area contributed by atoms with Gasteiger partial charge in [-0.1, -0.05) is 135 Å². The summed E-state index contributed by atoms with van der Waals surface area (Å²) in [6.45, 7) is 5.99. The van der Waals surface area contributed by atoms with E-state index < -0.39 is 0 Å². The van der Waals surface area contributed by atoms with E-state index in [1.165, 1.54) is 68.6 Å². The number of hydrogen-bond acceptors (Lipinski definition) is 3. The Kier molecular flexibility index (Phi) is 9.61. The Labute approximate surface area is 293 Å². The van der Waals surface area contributed by atoms with Gasteiger partial charge in [0.15, 0.2) is 5.78 Å². The summed E-state index contributed by atoms with van der Waals surface area (Å²) in [5.41, 5.74) is 7.65. The predicted molar refractivity (Wildman–Crippen MR) is 203 cm³/mol. The third kappa shape index (κ3) is 7.17. The minimum atomic E-state index is -0.187. The molecule has 1 aliphatic rings. The minimum Gasteiger partial charge on any atom is -0.324 e. The first kappa shape index (κ1) is 32.8. The number of halogens is 1. The lowest BCUT2D eigenvalue weighted by atomic mass is 9.87. The van der Waals surface area contributed by atoms with Crippen LogP contribution < -0.4 is 5.32 Å². The first-order chi connectivity index (χ1) is 23.8. The molecule has 0 atom stereocenters. The number of anilines is 1. The SMILES string of the molecule is CC(C)CCCCc1ccc2c3c(ccc2c1)CN(CC(=O)Nc1ccc(Cl)cc1C(=O)c1ccccc1)Cc1ccc2ccccc2c1-3. The van der Waals surface area contributed by atoms with Crippen molar-refractivity contribution in [1.82, 2.24) is 4.90 Å². The number of carbonyl (C=O) groups is 2. The molecule has 0 fully saturated rings. The summed E-state index contributed by atoms with van der Waals surface area (Å²) in [5, 5.41) is 8.41. The van der Waals surface area contributed by atoms with Crippen molar-refractivity contribution in [2.24, 2.45) is 5.92 Å².